The highest BCUT2D eigenvalue weighted by Gasteiger charge is 2.25. The number of ether oxygens (including phenoxy) is 1. The van der Waals surface area contributed by atoms with Gasteiger partial charge in [-0.3, -0.25) is 0 Å². The van der Waals surface area contributed by atoms with Crippen molar-refractivity contribution in [3.05, 3.63) is 47.2 Å². The van der Waals surface area contributed by atoms with Crippen molar-refractivity contribution in [1.29, 1.82) is 0 Å². The van der Waals surface area contributed by atoms with Gasteiger partial charge in [-0.15, -0.1) is 0 Å². The van der Waals surface area contributed by atoms with Crippen molar-refractivity contribution in [2.75, 3.05) is 0 Å². The Morgan fingerprint density at radius 1 is 1.12 bits per heavy atom. The minimum Gasteiger partial charge on any atom is -0.470 e. The average molecular weight is 227 g/mol. The Bertz CT molecular complexity index is 473. The molecule has 3 rings (SSSR count). The second-order valence-electron chi connectivity index (χ2n) is 4.72. The number of benzene rings is 1. The molecule has 1 aromatic carbocycles. The van der Waals surface area contributed by atoms with Gasteiger partial charge in [0.05, 0.1) is 0 Å². The zero-order valence-electron chi connectivity index (χ0n) is 10.1. The van der Waals surface area contributed by atoms with Crippen LogP contribution in [0.5, 0.6) is 0 Å². The molecule has 0 saturated carbocycles. The van der Waals surface area contributed by atoms with E-state index in [2.05, 4.69) is 19.1 Å². The van der Waals surface area contributed by atoms with Crippen LogP contribution in [0.3, 0.4) is 0 Å². The second kappa shape index (κ2) is 4.36. The lowest BCUT2D eigenvalue weighted by atomic mass is 9.92. The summed E-state index contributed by atoms with van der Waals surface area (Å²) >= 11 is 0. The topological polar surface area (TPSA) is 21.6 Å². The summed E-state index contributed by atoms with van der Waals surface area (Å²) in [7, 11) is 0. The lowest BCUT2D eigenvalue weighted by Gasteiger charge is -2.29. The van der Waals surface area contributed by atoms with Gasteiger partial charge in [-0.1, -0.05) is 18.2 Å². The Morgan fingerprint density at radius 2 is 1.88 bits per heavy atom. The summed E-state index contributed by atoms with van der Waals surface area (Å²) in [5.41, 5.74) is 3.77. The van der Waals surface area contributed by atoms with Crippen molar-refractivity contribution in [3.63, 3.8) is 0 Å². The van der Waals surface area contributed by atoms with Crippen LogP contribution in [0, 0.1) is 0 Å². The smallest absolute Gasteiger partial charge is 0.221 e. The number of aliphatic imine (C=N–C) groups is 1. The van der Waals surface area contributed by atoms with E-state index in [0.717, 1.165) is 24.3 Å². The summed E-state index contributed by atoms with van der Waals surface area (Å²) in [5, 5.41) is 0. The van der Waals surface area contributed by atoms with Gasteiger partial charge in [-0.25, -0.2) is 4.99 Å². The third kappa shape index (κ3) is 1.99. The van der Waals surface area contributed by atoms with Crippen molar-refractivity contribution >= 4 is 5.90 Å². The van der Waals surface area contributed by atoms with Gasteiger partial charge >= 0.3 is 0 Å². The van der Waals surface area contributed by atoms with E-state index < -0.39 is 0 Å². The highest BCUT2D eigenvalue weighted by atomic mass is 16.5. The number of nitrogens with zero attached hydrogens (tertiary/aromatic N) is 1. The molecule has 17 heavy (non-hydrogen) atoms. The second-order valence-corrected chi connectivity index (χ2v) is 4.72. The summed E-state index contributed by atoms with van der Waals surface area (Å²) in [6.45, 7) is 2.14. The van der Waals surface area contributed by atoms with Gasteiger partial charge < -0.3 is 4.74 Å². The minimum absolute atomic E-state index is 0.193. The van der Waals surface area contributed by atoms with E-state index >= 15 is 0 Å². The zero-order valence-corrected chi connectivity index (χ0v) is 10.1. The van der Waals surface area contributed by atoms with E-state index in [4.69, 9.17) is 9.73 Å². The zero-order chi connectivity index (χ0) is 11.7. The molecule has 0 bridgehead atoms. The molecule has 0 amide bonds. The van der Waals surface area contributed by atoms with Crippen LogP contribution >= 0.6 is 0 Å². The van der Waals surface area contributed by atoms with Gasteiger partial charge in [0.25, 0.3) is 0 Å². The summed E-state index contributed by atoms with van der Waals surface area (Å²) in [6, 6.07) is 10.2. The first-order valence-corrected chi connectivity index (χ1v) is 6.37. The van der Waals surface area contributed by atoms with Crippen LogP contribution in [0.25, 0.3) is 0 Å². The fourth-order valence-electron chi connectivity index (χ4n) is 2.58. The van der Waals surface area contributed by atoms with E-state index in [1.54, 1.807) is 0 Å². The standard InChI is InChI=1S/C15H17NO/c1-11-13-9-5-6-10-14(13)16-15(17-11)12-7-3-2-4-8-12/h2-4,7-8,11H,5-6,9-10H2,1H3. The number of hydrogen-bond donors (Lipinski definition) is 0. The van der Waals surface area contributed by atoms with Crippen molar-refractivity contribution in [3.8, 4) is 0 Å². The van der Waals surface area contributed by atoms with E-state index in [1.807, 2.05) is 18.2 Å². The Labute approximate surface area is 102 Å². The quantitative estimate of drug-likeness (QED) is 0.717. The molecule has 0 radical (unpaired) electrons. The molecule has 1 unspecified atom stereocenters. The Balaban J connectivity index is 1.98. The fraction of sp³-hybridized carbons (Fsp3) is 0.400. The molecule has 2 aliphatic rings. The third-order valence-corrected chi connectivity index (χ3v) is 3.52. The number of rotatable bonds is 1. The van der Waals surface area contributed by atoms with Crippen molar-refractivity contribution < 1.29 is 4.74 Å². The lowest BCUT2D eigenvalue weighted by molar-refractivity contribution is 0.226. The maximum absolute atomic E-state index is 5.93. The summed E-state index contributed by atoms with van der Waals surface area (Å²) < 4.78 is 5.93. The van der Waals surface area contributed by atoms with Gasteiger partial charge in [-0.05, 0) is 50.3 Å². The Morgan fingerprint density at radius 3 is 2.71 bits per heavy atom. The summed E-state index contributed by atoms with van der Waals surface area (Å²) in [5.74, 6) is 0.791. The molecule has 1 heterocycles. The van der Waals surface area contributed by atoms with Crippen molar-refractivity contribution in [1.82, 2.24) is 0 Å². The maximum atomic E-state index is 5.93. The van der Waals surface area contributed by atoms with Gasteiger partial charge in [0, 0.05) is 11.3 Å². The average Bonchev–Trinajstić information content (AvgIpc) is 2.40. The van der Waals surface area contributed by atoms with E-state index in [0.29, 0.717) is 0 Å². The van der Waals surface area contributed by atoms with Crippen molar-refractivity contribution in [2.45, 2.75) is 38.7 Å². The Kier molecular flexibility index (Phi) is 2.71. The number of hydrogen-bond acceptors (Lipinski definition) is 2. The molecule has 1 aliphatic heterocycles. The molecule has 2 nitrogen and oxygen atoms in total. The predicted molar refractivity (Wildman–Crippen MR) is 69.0 cm³/mol. The molecule has 2 heteroatoms. The number of allylic oxidation sites excluding steroid dienone is 1. The highest BCUT2D eigenvalue weighted by Crippen LogP contribution is 2.32. The molecule has 0 spiro atoms. The molecular weight excluding hydrogens is 210 g/mol. The Hall–Kier alpha value is -1.57. The predicted octanol–water partition coefficient (Wildman–Crippen LogP) is 3.68. The van der Waals surface area contributed by atoms with Crippen LogP contribution < -0.4 is 0 Å². The largest absolute Gasteiger partial charge is 0.470 e. The van der Waals surface area contributed by atoms with Gasteiger partial charge in [0.2, 0.25) is 5.90 Å². The summed E-state index contributed by atoms with van der Waals surface area (Å²) in [4.78, 5) is 4.70. The van der Waals surface area contributed by atoms with Gasteiger partial charge in [-0.2, -0.15) is 0 Å². The molecular formula is C15H17NO. The fourth-order valence-corrected chi connectivity index (χ4v) is 2.58. The van der Waals surface area contributed by atoms with Crippen LogP contribution in [0.1, 0.15) is 38.2 Å². The van der Waals surface area contributed by atoms with Crippen LogP contribution in [0.2, 0.25) is 0 Å². The lowest BCUT2D eigenvalue weighted by Crippen LogP contribution is -2.25. The van der Waals surface area contributed by atoms with Crippen molar-refractivity contribution in [2.24, 2.45) is 4.99 Å². The monoisotopic (exact) mass is 227 g/mol. The van der Waals surface area contributed by atoms with E-state index in [1.165, 1.54) is 24.1 Å². The molecule has 1 aromatic rings. The van der Waals surface area contributed by atoms with E-state index in [9.17, 15) is 0 Å². The first-order valence-electron chi connectivity index (χ1n) is 6.37. The molecule has 1 atom stereocenters. The van der Waals surface area contributed by atoms with Crippen LogP contribution in [-0.2, 0) is 4.74 Å². The first kappa shape index (κ1) is 10.6. The third-order valence-electron chi connectivity index (χ3n) is 3.52. The van der Waals surface area contributed by atoms with Crippen LogP contribution in [0.4, 0.5) is 0 Å². The van der Waals surface area contributed by atoms with Gasteiger partial charge in [0.15, 0.2) is 0 Å². The molecule has 88 valence electrons. The van der Waals surface area contributed by atoms with Gasteiger partial charge in [0.1, 0.15) is 6.10 Å². The molecule has 0 aromatic heterocycles. The SMILES string of the molecule is CC1OC(c2ccccc2)=NC2=C1CCCC2. The minimum atomic E-state index is 0.193. The van der Waals surface area contributed by atoms with E-state index in [-0.39, 0.29) is 6.10 Å². The first-order chi connectivity index (χ1) is 8.34. The normalized spacial score (nSPS) is 23.8. The molecule has 0 N–H and O–H groups in total. The maximum Gasteiger partial charge on any atom is 0.221 e. The van der Waals surface area contributed by atoms with Crippen LogP contribution in [0.15, 0.2) is 46.6 Å². The highest BCUT2D eigenvalue weighted by molar-refractivity contribution is 5.95. The van der Waals surface area contributed by atoms with Crippen LogP contribution in [-0.4, -0.2) is 12.0 Å². The molecule has 0 fully saturated rings. The molecule has 0 saturated heterocycles. The summed E-state index contributed by atoms with van der Waals surface area (Å²) in [6.07, 6.45) is 5.00. The molecule has 1 aliphatic carbocycles.